The van der Waals surface area contributed by atoms with Crippen LogP contribution < -0.4 is 0 Å². The van der Waals surface area contributed by atoms with Crippen molar-refractivity contribution in [1.82, 2.24) is 4.90 Å². The predicted molar refractivity (Wildman–Crippen MR) is 42.3 cm³/mol. The van der Waals surface area contributed by atoms with E-state index in [1.165, 1.54) is 4.90 Å². The second kappa shape index (κ2) is 4.14. The van der Waals surface area contributed by atoms with Crippen molar-refractivity contribution in [3.63, 3.8) is 0 Å². The Balaban J connectivity index is 2.40. The number of nitrogens with zero attached hydrogens (tertiary/aromatic N) is 2. The van der Waals surface area contributed by atoms with Crippen LogP contribution >= 0.6 is 0 Å². The average Bonchev–Trinajstić information content (AvgIpc) is 2.50. The molecule has 0 saturated carbocycles. The van der Waals surface area contributed by atoms with Gasteiger partial charge in [-0.15, -0.1) is 0 Å². The van der Waals surface area contributed by atoms with Crippen LogP contribution in [0.15, 0.2) is 5.16 Å². The number of alkyl halides is 3. The van der Waals surface area contributed by atoms with Crippen molar-refractivity contribution in [2.24, 2.45) is 5.16 Å². The first kappa shape index (κ1) is 11.3. The molecule has 0 bridgehead atoms. The number of aliphatic hydroxyl groups is 1. The molecule has 82 valence electrons. The Morgan fingerprint density at radius 2 is 2.14 bits per heavy atom. The van der Waals surface area contributed by atoms with Gasteiger partial charge in [-0.3, -0.25) is 4.90 Å². The standard InChI is InChI=1S/C7H11F3N2O2/c8-7(9,10)6(13)4-12-2-1-5(3-12)11-14/h6,13-14H,1-4H2/b11-5+. The molecule has 7 heteroatoms. The molecule has 0 aromatic carbocycles. The molecule has 2 N–H and O–H groups in total. The summed E-state index contributed by atoms with van der Waals surface area (Å²) in [7, 11) is 0. The topological polar surface area (TPSA) is 56.1 Å². The Hall–Kier alpha value is -0.820. The van der Waals surface area contributed by atoms with Crippen molar-refractivity contribution in [2.75, 3.05) is 19.6 Å². The van der Waals surface area contributed by atoms with Gasteiger partial charge in [-0.2, -0.15) is 13.2 Å². The number of hydrogen-bond donors (Lipinski definition) is 2. The summed E-state index contributed by atoms with van der Waals surface area (Å²) in [6, 6.07) is 0. The Kier molecular flexibility index (Phi) is 3.33. The van der Waals surface area contributed by atoms with Gasteiger partial charge in [-0.1, -0.05) is 5.16 Å². The van der Waals surface area contributed by atoms with E-state index in [0.717, 1.165) is 0 Å². The van der Waals surface area contributed by atoms with Crippen molar-refractivity contribution in [1.29, 1.82) is 0 Å². The molecule has 1 aliphatic heterocycles. The smallest absolute Gasteiger partial charge is 0.411 e. The molecular formula is C7H11F3N2O2. The fraction of sp³-hybridized carbons (Fsp3) is 0.857. The van der Waals surface area contributed by atoms with E-state index in [9.17, 15) is 13.2 Å². The minimum atomic E-state index is -4.58. The molecule has 1 unspecified atom stereocenters. The first-order valence-corrected chi connectivity index (χ1v) is 4.10. The Labute approximate surface area is 78.6 Å². The maximum Gasteiger partial charge on any atom is 0.415 e. The molecule has 0 spiro atoms. The normalized spacial score (nSPS) is 24.4. The maximum atomic E-state index is 11.9. The summed E-state index contributed by atoms with van der Waals surface area (Å²) >= 11 is 0. The number of β-amino-alcohol motifs (C(OH)–C–C–N with tert-alkyl or cyclic N) is 1. The number of hydrogen-bond acceptors (Lipinski definition) is 4. The van der Waals surface area contributed by atoms with Gasteiger partial charge in [0.15, 0.2) is 6.10 Å². The summed E-state index contributed by atoms with van der Waals surface area (Å²) in [5, 5.41) is 20.0. The highest BCUT2D eigenvalue weighted by Gasteiger charge is 2.39. The lowest BCUT2D eigenvalue weighted by atomic mass is 10.3. The molecule has 0 radical (unpaired) electrons. The first-order valence-electron chi connectivity index (χ1n) is 4.10. The lowest BCUT2D eigenvalue weighted by Crippen LogP contribution is -2.40. The van der Waals surface area contributed by atoms with Crippen LogP contribution in [0.4, 0.5) is 13.2 Å². The van der Waals surface area contributed by atoms with E-state index in [1.807, 2.05) is 0 Å². The molecule has 0 aliphatic carbocycles. The summed E-state index contributed by atoms with van der Waals surface area (Å²) in [6.45, 7) is 0.0959. The number of halogens is 3. The largest absolute Gasteiger partial charge is 0.415 e. The highest BCUT2D eigenvalue weighted by atomic mass is 19.4. The van der Waals surface area contributed by atoms with Gasteiger partial charge in [0.05, 0.1) is 5.71 Å². The Morgan fingerprint density at radius 1 is 1.50 bits per heavy atom. The van der Waals surface area contributed by atoms with Crippen LogP contribution in [0, 0.1) is 0 Å². The van der Waals surface area contributed by atoms with Crippen molar-refractivity contribution in [2.45, 2.75) is 18.7 Å². The van der Waals surface area contributed by atoms with Gasteiger partial charge in [-0.25, -0.2) is 0 Å². The molecule has 0 amide bonds. The SMILES string of the molecule is O/N=C1\CCN(CC(O)C(F)(F)F)C1. The highest BCUT2D eigenvalue weighted by molar-refractivity contribution is 5.87. The minimum Gasteiger partial charge on any atom is -0.411 e. The van der Waals surface area contributed by atoms with E-state index in [0.29, 0.717) is 18.7 Å². The molecule has 1 saturated heterocycles. The van der Waals surface area contributed by atoms with Crippen LogP contribution in [-0.4, -0.2) is 52.8 Å². The number of oxime groups is 1. The van der Waals surface area contributed by atoms with Crippen molar-refractivity contribution in [3.8, 4) is 0 Å². The fourth-order valence-electron chi connectivity index (χ4n) is 1.29. The summed E-state index contributed by atoms with van der Waals surface area (Å²) in [5.41, 5.74) is 0.444. The number of aliphatic hydroxyl groups excluding tert-OH is 1. The molecule has 4 nitrogen and oxygen atoms in total. The van der Waals surface area contributed by atoms with E-state index in [1.54, 1.807) is 0 Å². The summed E-state index contributed by atoms with van der Waals surface area (Å²) in [5.74, 6) is 0. The average molecular weight is 212 g/mol. The Bertz CT molecular complexity index is 229. The van der Waals surface area contributed by atoms with Gasteiger partial charge in [0.1, 0.15) is 0 Å². The molecule has 1 atom stereocenters. The molecule has 1 heterocycles. The van der Waals surface area contributed by atoms with E-state index in [4.69, 9.17) is 10.3 Å². The number of likely N-dealkylation sites (tertiary alicyclic amines) is 1. The van der Waals surface area contributed by atoms with Crippen LogP contribution in [-0.2, 0) is 0 Å². The second-order valence-electron chi connectivity index (χ2n) is 3.21. The Morgan fingerprint density at radius 3 is 2.57 bits per heavy atom. The molecule has 0 aromatic rings. The first-order chi connectivity index (χ1) is 6.43. The minimum absolute atomic E-state index is 0.184. The van der Waals surface area contributed by atoms with Crippen LogP contribution in [0.2, 0.25) is 0 Å². The summed E-state index contributed by atoms with van der Waals surface area (Å²) in [6.07, 6.45) is -6.47. The van der Waals surface area contributed by atoms with Crippen molar-refractivity contribution in [3.05, 3.63) is 0 Å². The maximum absolute atomic E-state index is 11.9. The zero-order chi connectivity index (χ0) is 10.8. The highest BCUT2D eigenvalue weighted by Crippen LogP contribution is 2.21. The quantitative estimate of drug-likeness (QED) is 0.516. The van der Waals surface area contributed by atoms with Crippen LogP contribution in [0.3, 0.4) is 0 Å². The summed E-state index contributed by atoms with van der Waals surface area (Å²) < 4.78 is 35.8. The lowest BCUT2D eigenvalue weighted by molar-refractivity contribution is -0.207. The lowest BCUT2D eigenvalue weighted by Gasteiger charge is -2.20. The third kappa shape index (κ3) is 2.85. The van der Waals surface area contributed by atoms with Crippen LogP contribution in [0.5, 0.6) is 0 Å². The van der Waals surface area contributed by atoms with Gasteiger partial charge < -0.3 is 10.3 Å². The van der Waals surface area contributed by atoms with E-state index < -0.39 is 18.8 Å². The second-order valence-corrected chi connectivity index (χ2v) is 3.21. The van der Waals surface area contributed by atoms with Crippen LogP contribution in [0.25, 0.3) is 0 Å². The molecule has 0 aromatic heterocycles. The molecule has 1 rings (SSSR count). The zero-order valence-electron chi connectivity index (χ0n) is 7.33. The van der Waals surface area contributed by atoms with Gasteiger partial charge in [0.2, 0.25) is 0 Å². The predicted octanol–water partition coefficient (Wildman–Crippen LogP) is 0.446. The third-order valence-corrected chi connectivity index (χ3v) is 2.07. The van der Waals surface area contributed by atoms with E-state index in [-0.39, 0.29) is 6.54 Å². The van der Waals surface area contributed by atoms with Crippen molar-refractivity contribution >= 4 is 5.71 Å². The molecule has 1 aliphatic rings. The third-order valence-electron chi connectivity index (χ3n) is 2.07. The zero-order valence-corrected chi connectivity index (χ0v) is 7.33. The van der Waals surface area contributed by atoms with Gasteiger partial charge in [-0.05, 0) is 0 Å². The molecule has 1 fully saturated rings. The number of rotatable bonds is 2. The summed E-state index contributed by atoms with van der Waals surface area (Å²) in [4.78, 5) is 1.40. The van der Waals surface area contributed by atoms with E-state index in [2.05, 4.69) is 5.16 Å². The molecule has 14 heavy (non-hydrogen) atoms. The monoisotopic (exact) mass is 212 g/mol. The van der Waals surface area contributed by atoms with E-state index >= 15 is 0 Å². The van der Waals surface area contributed by atoms with Crippen LogP contribution in [0.1, 0.15) is 6.42 Å². The molecular weight excluding hydrogens is 201 g/mol. The van der Waals surface area contributed by atoms with Gasteiger partial charge in [0.25, 0.3) is 0 Å². The van der Waals surface area contributed by atoms with Gasteiger partial charge in [0, 0.05) is 26.1 Å². The van der Waals surface area contributed by atoms with Gasteiger partial charge >= 0.3 is 6.18 Å². The van der Waals surface area contributed by atoms with Crippen molar-refractivity contribution < 1.29 is 23.5 Å². The fourth-order valence-corrected chi connectivity index (χ4v) is 1.29.